The summed E-state index contributed by atoms with van der Waals surface area (Å²) < 4.78 is 5.35. The van der Waals surface area contributed by atoms with Crippen LogP contribution in [0.25, 0.3) is 10.9 Å². The van der Waals surface area contributed by atoms with E-state index in [1.807, 2.05) is 45.0 Å². The van der Waals surface area contributed by atoms with Crippen LogP contribution < -0.4 is 15.6 Å². The second-order valence-electron chi connectivity index (χ2n) is 6.45. The van der Waals surface area contributed by atoms with Crippen LogP contribution in [0.1, 0.15) is 34.1 Å². The SMILES string of the molecule is CCOc1ccc(C(=O)NNC(=O)Cc2c(C)nc3ccccc3c2C)cc1. The van der Waals surface area contributed by atoms with Crippen molar-refractivity contribution in [2.24, 2.45) is 0 Å². The normalized spacial score (nSPS) is 10.5. The smallest absolute Gasteiger partial charge is 0.269 e. The first-order chi connectivity index (χ1) is 13.5. The van der Waals surface area contributed by atoms with Gasteiger partial charge in [0.25, 0.3) is 5.91 Å². The third-order valence-corrected chi connectivity index (χ3v) is 4.57. The Morgan fingerprint density at radius 1 is 1.00 bits per heavy atom. The van der Waals surface area contributed by atoms with Crippen LogP contribution in [0.4, 0.5) is 0 Å². The predicted molar refractivity (Wildman–Crippen MR) is 108 cm³/mol. The van der Waals surface area contributed by atoms with Crippen molar-refractivity contribution in [1.82, 2.24) is 15.8 Å². The fourth-order valence-electron chi connectivity index (χ4n) is 3.10. The lowest BCUT2D eigenvalue weighted by Gasteiger charge is -2.13. The van der Waals surface area contributed by atoms with E-state index in [4.69, 9.17) is 4.74 Å². The molecule has 2 N–H and O–H groups in total. The molecule has 0 saturated carbocycles. The largest absolute Gasteiger partial charge is 0.494 e. The highest BCUT2D eigenvalue weighted by Crippen LogP contribution is 2.22. The summed E-state index contributed by atoms with van der Waals surface area (Å²) in [6.45, 7) is 6.33. The predicted octanol–water partition coefficient (Wildman–Crippen LogP) is 3.25. The third kappa shape index (κ3) is 4.28. The summed E-state index contributed by atoms with van der Waals surface area (Å²) in [5, 5.41) is 1.02. The van der Waals surface area contributed by atoms with Crippen LogP contribution in [0.3, 0.4) is 0 Å². The molecule has 0 bridgehead atoms. The average molecular weight is 377 g/mol. The monoisotopic (exact) mass is 377 g/mol. The minimum absolute atomic E-state index is 0.138. The van der Waals surface area contributed by atoms with E-state index in [1.54, 1.807) is 24.3 Å². The number of carbonyl (C=O) groups is 2. The van der Waals surface area contributed by atoms with Gasteiger partial charge in [-0.25, -0.2) is 0 Å². The molecule has 0 atom stereocenters. The van der Waals surface area contributed by atoms with Gasteiger partial charge in [0.2, 0.25) is 5.91 Å². The number of nitrogens with zero attached hydrogens (tertiary/aromatic N) is 1. The van der Waals surface area contributed by atoms with Gasteiger partial charge in [0.05, 0.1) is 18.5 Å². The number of aromatic nitrogens is 1. The lowest BCUT2D eigenvalue weighted by atomic mass is 9.99. The van der Waals surface area contributed by atoms with Crippen molar-refractivity contribution < 1.29 is 14.3 Å². The van der Waals surface area contributed by atoms with Gasteiger partial charge in [-0.3, -0.25) is 25.4 Å². The molecule has 0 unspecified atom stereocenters. The molecule has 2 amide bonds. The molecule has 0 aliphatic rings. The van der Waals surface area contributed by atoms with Gasteiger partial charge in [0, 0.05) is 16.6 Å². The van der Waals surface area contributed by atoms with Crippen LogP contribution >= 0.6 is 0 Å². The molecule has 0 saturated heterocycles. The fourth-order valence-corrected chi connectivity index (χ4v) is 3.10. The number of aryl methyl sites for hydroxylation is 2. The first kappa shape index (κ1) is 19.4. The number of benzene rings is 2. The molecule has 144 valence electrons. The molecule has 0 radical (unpaired) electrons. The zero-order chi connectivity index (χ0) is 20.1. The molecule has 6 heteroatoms. The standard InChI is InChI=1S/C22H23N3O3/c1-4-28-17-11-9-16(10-12-17)22(27)25-24-21(26)13-19-14(2)18-7-5-6-8-20(18)23-15(19)3/h5-12H,4,13H2,1-3H3,(H,24,26)(H,25,27). The highest BCUT2D eigenvalue weighted by Gasteiger charge is 2.14. The van der Waals surface area contributed by atoms with Crippen molar-refractivity contribution in [3.8, 4) is 5.75 Å². The van der Waals surface area contributed by atoms with Gasteiger partial charge in [-0.15, -0.1) is 0 Å². The van der Waals surface area contributed by atoms with Crippen LogP contribution in [0.5, 0.6) is 5.75 Å². The van der Waals surface area contributed by atoms with E-state index in [0.29, 0.717) is 17.9 Å². The molecule has 1 aromatic heterocycles. The first-order valence-corrected chi connectivity index (χ1v) is 9.16. The Bertz CT molecular complexity index is 1010. The van der Waals surface area contributed by atoms with Gasteiger partial charge in [0.15, 0.2) is 0 Å². The van der Waals surface area contributed by atoms with E-state index in [0.717, 1.165) is 27.7 Å². The number of nitrogens with one attached hydrogen (secondary N) is 2. The summed E-state index contributed by atoms with van der Waals surface area (Å²) in [5.41, 5.74) is 8.96. The van der Waals surface area contributed by atoms with Gasteiger partial charge in [-0.05, 0) is 62.2 Å². The fraction of sp³-hybridized carbons (Fsp3) is 0.227. The summed E-state index contributed by atoms with van der Waals surface area (Å²) in [4.78, 5) is 29.1. The number of para-hydroxylation sites is 1. The van der Waals surface area contributed by atoms with Crippen molar-refractivity contribution in [1.29, 1.82) is 0 Å². The van der Waals surface area contributed by atoms with E-state index >= 15 is 0 Å². The van der Waals surface area contributed by atoms with Crippen molar-refractivity contribution in [3.63, 3.8) is 0 Å². The zero-order valence-electron chi connectivity index (χ0n) is 16.2. The third-order valence-electron chi connectivity index (χ3n) is 4.57. The van der Waals surface area contributed by atoms with Crippen LogP contribution in [-0.2, 0) is 11.2 Å². The lowest BCUT2D eigenvalue weighted by molar-refractivity contribution is -0.121. The number of hydrazine groups is 1. The van der Waals surface area contributed by atoms with Gasteiger partial charge in [-0.2, -0.15) is 0 Å². The van der Waals surface area contributed by atoms with Gasteiger partial charge < -0.3 is 4.74 Å². The quantitative estimate of drug-likeness (QED) is 0.669. The van der Waals surface area contributed by atoms with Crippen LogP contribution in [-0.4, -0.2) is 23.4 Å². The maximum Gasteiger partial charge on any atom is 0.269 e. The van der Waals surface area contributed by atoms with E-state index < -0.39 is 0 Å². The molecule has 3 rings (SSSR count). The van der Waals surface area contributed by atoms with Crippen molar-refractivity contribution in [3.05, 3.63) is 70.9 Å². The number of hydrogen-bond acceptors (Lipinski definition) is 4. The number of amides is 2. The maximum atomic E-state index is 12.4. The van der Waals surface area contributed by atoms with Gasteiger partial charge in [-0.1, -0.05) is 18.2 Å². The second-order valence-corrected chi connectivity index (χ2v) is 6.45. The van der Waals surface area contributed by atoms with Crippen molar-refractivity contribution in [2.75, 3.05) is 6.61 Å². The van der Waals surface area contributed by atoms with Crippen LogP contribution in [0, 0.1) is 13.8 Å². The summed E-state index contributed by atoms with van der Waals surface area (Å²) in [6, 6.07) is 14.6. The second kappa shape index (κ2) is 8.52. The van der Waals surface area contributed by atoms with Crippen molar-refractivity contribution in [2.45, 2.75) is 27.2 Å². The first-order valence-electron chi connectivity index (χ1n) is 9.16. The summed E-state index contributed by atoms with van der Waals surface area (Å²) in [7, 11) is 0. The van der Waals surface area contributed by atoms with Gasteiger partial charge in [0.1, 0.15) is 5.75 Å². The van der Waals surface area contributed by atoms with Crippen LogP contribution in [0.15, 0.2) is 48.5 Å². The van der Waals surface area contributed by atoms with E-state index in [9.17, 15) is 9.59 Å². The molecule has 28 heavy (non-hydrogen) atoms. The van der Waals surface area contributed by atoms with Crippen LogP contribution in [0.2, 0.25) is 0 Å². The number of rotatable bonds is 5. The number of ether oxygens (including phenoxy) is 1. The molecule has 3 aromatic rings. The number of hydrogen-bond donors (Lipinski definition) is 2. The average Bonchev–Trinajstić information content (AvgIpc) is 2.70. The zero-order valence-corrected chi connectivity index (χ0v) is 16.2. The molecular formula is C22H23N3O3. The molecule has 0 spiro atoms. The summed E-state index contributed by atoms with van der Waals surface area (Å²) in [5.74, 6) is 0.00175. The highest BCUT2D eigenvalue weighted by atomic mass is 16.5. The van der Waals surface area contributed by atoms with E-state index in [2.05, 4.69) is 15.8 Å². The molecule has 1 heterocycles. The maximum absolute atomic E-state index is 12.4. The van der Waals surface area contributed by atoms with E-state index in [1.165, 1.54) is 0 Å². The Morgan fingerprint density at radius 3 is 2.43 bits per heavy atom. The Kier molecular flexibility index (Phi) is 5.89. The minimum Gasteiger partial charge on any atom is -0.494 e. The molecule has 0 fully saturated rings. The lowest BCUT2D eigenvalue weighted by Crippen LogP contribution is -2.42. The molecular weight excluding hydrogens is 354 g/mol. The Labute approximate surface area is 163 Å². The number of fused-ring (bicyclic) bond motifs is 1. The van der Waals surface area contributed by atoms with Crippen molar-refractivity contribution >= 4 is 22.7 Å². The molecule has 6 nitrogen and oxygen atoms in total. The number of pyridine rings is 1. The van der Waals surface area contributed by atoms with Gasteiger partial charge >= 0.3 is 0 Å². The minimum atomic E-state index is -0.388. The summed E-state index contributed by atoms with van der Waals surface area (Å²) >= 11 is 0. The molecule has 2 aromatic carbocycles. The van der Waals surface area contributed by atoms with E-state index in [-0.39, 0.29) is 18.2 Å². The molecule has 0 aliphatic heterocycles. The summed E-state index contributed by atoms with van der Waals surface area (Å²) in [6.07, 6.45) is 0.138. The Morgan fingerprint density at radius 2 is 1.71 bits per heavy atom. The Hall–Kier alpha value is -3.41. The Balaban J connectivity index is 1.64. The number of carbonyl (C=O) groups excluding carboxylic acids is 2. The highest BCUT2D eigenvalue weighted by molar-refractivity contribution is 5.95. The molecule has 0 aliphatic carbocycles. The topological polar surface area (TPSA) is 80.3 Å².